The van der Waals surface area contributed by atoms with Gasteiger partial charge < -0.3 is 5.73 Å². The molecule has 0 atom stereocenters. The zero-order valence-corrected chi connectivity index (χ0v) is 8.79. The van der Waals surface area contributed by atoms with Gasteiger partial charge in [-0.25, -0.2) is 4.39 Å². The van der Waals surface area contributed by atoms with Gasteiger partial charge in [-0.2, -0.15) is 5.10 Å². The molecular formula is C10H9ClFN3. The van der Waals surface area contributed by atoms with Gasteiger partial charge in [-0.15, -0.1) is 0 Å². The first-order valence-electron chi connectivity index (χ1n) is 4.31. The third-order valence-corrected chi connectivity index (χ3v) is 2.42. The average Bonchev–Trinajstić information content (AvgIpc) is 2.58. The molecule has 0 spiro atoms. The Bertz CT molecular complexity index is 507. The summed E-state index contributed by atoms with van der Waals surface area (Å²) in [5.74, 6) is -0.409. The normalized spacial score (nSPS) is 10.6. The minimum Gasteiger partial charge on any atom is -0.397 e. The van der Waals surface area contributed by atoms with Crippen molar-refractivity contribution >= 4 is 17.3 Å². The fraction of sp³-hybridized carbons (Fsp3) is 0.100. The maximum absolute atomic E-state index is 13.1. The van der Waals surface area contributed by atoms with Crippen molar-refractivity contribution in [1.82, 2.24) is 9.78 Å². The molecule has 0 bridgehead atoms. The molecule has 0 unspecified atom stereocenters. The van der Waals surface area contributed by atoms with Gasteiger partial charge >= 0.3 is 0 Å². The number of hydrogen-bond acceptors (Lipinski definition) is 2. The molecule has 1 aromatic carbocycles. The number of benzene rings is 1. The molecule has 0 aliphatic rings. The minimum absolute atomic E-state index is 0.217. The smallest absolute Gasteiger partial charge is 0.125 e. The molecule has 15 heavy (non-hydrogen) atoms. The van der Waals surface area contributed by atoms with Crippen LogP contribution in [0.1, 0.15) is 0 Å². The fourth-order valence-corrected chi connectivity index (χ4v) is 1.59. The van der Waals surface area contributed by atoms with Crippen molar-refractivity contribution in [3.05, 3.63) is 35.4 Å². The molecule has 1 heterocycles. The molecule has 5 heteroatoms. The zero-order chi connectivity index (χ0) is 11.0. The molecule has 2 rings (SSSR count). The first-order chi connectivity index (χ1) is 7.08. The molecule has 2 N–H and O–H groups in total. The minimum atomic E-state index is -0.409. The van der Waals surface area contributed by atoms with Gasteiger partial charge in [0.1, 0.15) is 5.82 Å². The number of halogens is 2. The van der Waals surface area contributed by atoms with Crippen LogP contribution in [0.3, 0.4) is 0 Å². The van der Waals surface area contributed by atoms with Crippen molar-refractivity contribution in [2.45, 2.75) is 0 Å². The molecule has 0 radical (unpaired) electrons. The SMILES string of the molecule is Cn1cc(-c2cc(F)cc(Cl)c2N)cn1. The van der Waals surface area contributed by atoms with Crippen LogP contribution in [0.15, 0.2) is 24.5 Å². The number of nitrogen functional groups attached to an aromatic ring is 1. The van der Waals surface area contributed by atoms with Crippen LogP contribution in [0.4, 0.5) is 10.1 Å². The zero-order valence-electron chi connectivity index (χ0n) is 8.04. The second-order valence-electron chi connectivity index (χ2n) is 3.25. The summed E-state index contributed by atoms with van der Waals surface area (Å²) in [4.78, 5) is 0. The molecular weight excluding hydrogens is 217 g/mol. The van der Waals surface area contributed by atoms with E-state index in [1.165, 1.54) is 12.1 Å². The monoisotopic (exact) mass is 225 g/mol. The first kappa shape index (κ1) is 9.98. The Labute approximate surface area is 91.3 Å². The average molecular weight is 226 g/mol. The van der Waals surface area contributed by atoms with Crippen molar-refractivity contribution in [2.75, 3.05) is 5.73 Å². The highest BCUT2D eigenvalue weighted by Gasteiger charge is 2.10. The molecule has 0 amide bonds. The Morgan fingerprint density at radius 3 is 2.80 bits per heavy atom. The number of aryl methyl sites for hydroxylation is 1. The van der Waals surface area contributed by atoms with E-state index >= 15 is 0 Å². The summed E-state index contributed by atoms with van der Waals surface area (Å²) < 4.78 is 14.8. The third kappa shape index (κ3) is 1.80. The molecule has 1 aromatic heterocycles. The van der Waals surface area contributed by atoms with Gasteiger partial charge in [0, 0.05) is 24.4 Å². The van der Waals surface area contributed by atoms with Gasteiger partial charge in [-0.05, 0) is 12.1 Å². The third-order valence-electron chi connectivity index (χ3n) is 2.11. The van der Waals surface area contributed by atoms with Crippen molar-refractivity contribution in [3.63, 3.8) is 0 Å². The molecule has 0 aliphatic heterocycles. The maximum atomic E-state index is 13.1. The maximum Gasteiger partial charge on any atom is 0.125 e. The van der Waals surface area contributed by atoms with Crippen LogP contribution in [0.5, 0.6) is 0 Å². The summed E-state index contributed by atoms with van der Waals surface area (Å²) in [7, 11) is 1.78. The lowest BCUT2D eigenvalue weighted by atomic mass is 10.1. The van der Waals surface area contributed by atoms with Crippen molar-refractivity contribution in [2.24, 2.45) is 7.05 Å². The summed E-state index contributed by atoms with van der Waals surface area (Å²) in [6, 6.07) is 2.54. The van der Waals surface area contributed by atoms with Crippen molar-refractivity contribution < 1.29 is 4.39 Å². The van der Waals surface area contributed by atoms with Crippen molar-refractivity contribution in [3.8, 4) is 11.1 Å². The molecule has 3 nitrogen and oxygen atoms in total. The van der Waals surface area contributed by atoms with Crippen LogP contribution in [0.25, 0.3) is 11.1 Å². The van der Waals surface area contributed by atoms with Gasteiger partial charge in [0.2, 0.25) is 0 Å². The molecule has 0 fully saturated rings. The Morgan fingerprint density at radius 2 is 2.20 bits per heavy atom. The van der Waals surface area contributed by atoms with Crippen LogP contribution in [-0.4, -0.2) is 9.78 Å². The Morgan fingerprint density at radius 1 is 1.47 bits per heavy atom. The number of hydrogen-bond donors (Lipinski definition) is 1. The van der Waals surface area contributed by atoms with Gasteiger partial charge in [0.15, 0.2) is 0 Å². The lowest BCUT2D eigenvalue weighted by Gasteiger charge is -2.05. The predicted molar refractivity (Wildman–Crippen MR) is 58.0 cm³/mol. The summed E-state index contributed by atoms with van der Waals surface area (Å²) >= 11 is 5.78. The summed E-state index contributed by atoms with van der Waals surface area (Å²) in [5, 5.41) is 4.21. The van der Waals surface area contributed by atoms with Crippen LogP contribution in [0.2, 0.25) is 5.02 Å². The van der Waals surface area contributed by atoms with Crippen LogP contribution in [0, 0.1) is 5.82 Å². The largest absolute Gasteiger partial charge is 0.397 e. The van der Waals surface area contributed by atoms with Gasteiger partial charge in [0.05, 0.1) is 16.9 Å². The van der Waals surface area contributed by atoms with E-state index in [1.54, 1.807) is 24.1 Å². The second kappa shape index (κ2) is 3.55. The lowest BCUT2D eigenvalue weighted by molar-refractivity contribution is 0.628. The van der Waals surface area contributed by atoms with Crippen LogP contribution < -0.4 is 5.73 Å². The molecule has 0 saturated carbocycles. The fourth-order valence-electron chi connectivity index (χ4n) is 1.38. The number of nitrogens with two attached hydrogens (primary N) is 1. The van der Waals surface area contributed by atoms with E-state index in [0.717, 1.165) is 5.56 Å². The van der Waals surface area contributed by atoms with E-state index < -0.39 is 5.82 Å². The quantitative estimate of drug-likeness (QED) is 0.758. The molecule has 2 aromatic rings. The second-order valence-corrected chi connectivity index (χ2v) is 3.66. The molecule has 0 saturated heterocycles. The van der Waals surface area contributed by atoms with Gasteiger partial charge in [-0.1, -0.05) is 11.6 Å². The topological polar surface area (TPSA) is 43.8 Å². The molecule has 0 aliphatic carbocycles. The number of anilines is 1. The molecule has 78 valence electrons. The highest BCUT2D eigenvalue weighted by Crippen LogP contribution is 2.32. The van der Waals surface area contributed by atoms with E-state index in [9.17, 15) is 4.39 Å². The highest BCUT2D eigenvalue weighted by molar-refractivity contribution is 6.33. The number of aromatic nitrogens is 2. The van der Waals surface area contributed by atoms with Gasteiger partial charge in [-0.3, -0.25) is 4.68 Å². The van der Waals surface area contributed by atoms with Gasteiger partial charge in [0.25, 0.3) is 0 Å². The van der Waals surface area contributed by atoms with Crippen molar-refractivity contribution in [1.29, 1.82) is 0 Å². The standard InChI is InChI=1S/C10H9ClFN3/c1-15-5-6(4-14-15)8-2-7(12)3-9(11)10(8)13/h2-5H,13H2,1H3. The van der Waals surface area contributed by atoms with E-state index in [-0.39, 0.29) is 5.02 Å². The van der Waals surface area contributed by atoms with E-state index in [4.69, 9.17) is 17.3 Å². The number of rotatable bonds is 1. The first-order valence-corrected chi connectivity index (χ1v) is 4.69. The number of nitrogens with zero attached hydrogens (tertiary/aromatic N) is 2. The summed E-state index contributed by atoms with van der Waals surface area (Å²) in [5.41, 5.74) is 7.43. The Hall–Kier alpha value is -1.55. The van der Waals surface area contributed by atoms with Crippen LogP contribution in [-0.2, 0) is 7.05 Å². The highest BCUT2D eigenvalue weighted by atomic mass is 35.5. The Balaban J connectivity index is 2.62. The van der Waals surface area contributed by atoms with E-state index in [2.05, 4.69) is 5.10 Å². The predicted octanol–water partition coefficient (Wildman–Crippen LogP) is 2.46. The van der Waals surface area contributed by atoms with E-state index in [1.807, 2.05) is 0 Å². The lowest BCUT2D eigenvalue weighted by Crippen LogP contribution is -1.92. The van der Waals surface area contributed by atoms with E-state index in [0.29, 0.717) is 11.3 Å². The summed E-state index contributed by atoms with van der Waals surface area (Å²) in [6.45, 7) is 0. The Kier molecular flexibility index (Phi) is 2.36. The summed E-state index contributed by atoms with van der Waals surface area (Å²) in [6.07, 6.45) is 3.36. The van der Waals surface area contributed by atoms with Crippen LogP contribution >= 0.6 is 11.6 Å².